The number of nitrogens with zero attached hydrogens (tertiary/aromatic N) is 4. The zero-order valence-electron chi connectivity index (χ0n) is 23.1. The van der Waals surface area contributed by atoms with Crippen molar-refractivity contribution in [3.8, 4) is 0 Å². The van der Waals surface area contributed by atoms with Gasteiger partial charge in [-0.05, 0) is 66.1 Å². The zero-order chi connectivity index (χ0) is 32.4. The van der Waals surface area contributed by atoms with Crippen molar-refractivity contribution < 1.29 is 34.8 Å². The maximum absolute atomic E-state index is 14.6. The maximum atomic E-state index is 14.6. The normalized spacial score (nSPS) is 16.4. The SMILES string of the molecule is N/C(=N\C(=N\S(=O)(=O)c1ccc(C(F)(F)F)cc1)N1CCC(c2ccccc2)C(c2ccc(F)cc2)=N1)c1ccc(F)cc1F. The molecule has 0 fully saturated rings. The summed E-state index contributed by atoms with van der Waals surface area (Å²) in [7, 11) is -4.73. The first-order chi connectivity index (χ1) is 21.3. The van der Waals surface area contributed by atoms with Gasteiger partial charge in [0.15, 0.2) is 0 Å². The molecule has 0 aromatic heterocycles. The molecule has 1 aliphatic heterocycles. The predicted molar refractivity (Wildman–Crippen MR) is 157 cm³/mol. The Hall–Kier alpha value is -4.98. The van der Waals surface area contributed by atoms with Gasteiger partial charge in [0.25, 0.3) is 16.0 Å². The molecule has 0 spiro atoms. The van der Waals surface area contributed by atoms with Gasteiger partial charge >= 0.3 is 6.18 Å². The first kappa shape index (κ1) is 31.4. The second-order valence-corrected chi connectivity index (χ2v) is 11.5. The molecule has 5 rings (SSSR count). The summed E-state index contributed by atoms with van der Waals surface area (Å²) in [6.07, 6.45) is -4.37. The number of halogens is 6. The van der Waals surface area contributed by atoms with E-state index < -0.39 is 55.9 Å². The average molecular weight is 644 g/mol. The summed E-state index contributed by atoms with van der Waals surface area (Å²) in [6.45, 7) is 0.0221. The van der Waals surface area contributed by atoms with Gasteiger partial charge in [0, 0.05) is 18.5 Å². The van der Waals surface area contributed by atoms with Crippen LogP contribution in [0.4, 0.5) is 26.3 Å². The summed E-state index contributed by atoms with van der Waals surface area (Å²) in [5.41, 5.74) is 6.36. The van der Waals surface area contributed by atoms with Gasteiger partial charge in [-0.1, -0.05) is 42.5 Å². The van der Waals surface area contributed by atoms with Gasteiger partial charge in [0.1, 0.15) is 23.3 Å². The second kappa shape index (κ2) is 12.6. The van der Waals surface area contributed by atoms with E-state index in [1.54, 1.807) is 0 Å². The number of benzene rings is 4. The highest BCUT2D eigenvalue weighted by Gasteiger charge is 2.32. The van der Waals surface area contributed by atoms with Crippen LogP contribution in [0, 0.1) is 17.5 Å². The monoisotopic (exact) mass is 643 g/mol. The Bertz CT molecular complexity index is 1890. The molecule has 0 aliphatic carbocycles. The Morgan fingerprint density at radius 1 is 0.867 bits per heavy atom. The molecular formula is C31H23F6N5O2S. The number of hydrogen-bond acceptors (Lipinski definition) is 3. The molecule has 0 saturated heterocycles. The number of nitrogens with two attached hydrogens (primary N) is 1. The minimum Gasteiger partial charge on any atom is -0.383 e. The molecule has 7 nitrogen and oxygen atoms in total. The van der Waals surface area contributed by atoms with Crippen molar-refractivity contribution in [2.24, 2.45) is 20.2 Å². The van der Waals surface area contributed by atoms with Crippen LogP contribution in [-0.4, -0.2) is 37.5 Å². The van der Waals surface area contributed by atoms with E-state index in [2.05, 4.69) is 14.5 Å². The number of hydrazone groups is 1. The third-order valence-corrected chi connectivity index (χ3v) is 8.14. The maximum Gasteiger partial charge on any atom is 0.416 e. The second-order valence-electron chi connectivity index (χ2n) is 9.88. The largest absolute Gasteiger partial charge is 0.416 e. The summed E-state index contributed by atoms with van der Waals surface area (Å²) in [6, 6.07) is 19.8. The van der Waals surface area contributed by atoms with Crippen LogP contribution in [0.25, 0.3) is 0 Å². The Morgan fingerprint density at radius 3 is 2.13 bits per heavy atom. The summed E-state index contributed by atoms with van der Waals surface area (Å²) < 4.78 is 112. The smallest absolute Gasteiger partial charge is 0.383 e. The van der Waals surface area contributed by atoms with Crippen LogP contribution in [0.15, 0.2) is 116 Å². The number of guanidine groups is 1. The number of aliphatic imine (C=N–C) groups is 1. The van der Waals surface area contributed by atoms with E-state index in [0.717, 1.165) is 34.8 Å². The van der Waals surface area contributed by atoms with Gasteiger partial charge < -0.3 is 5.73 Å². The Morgan fingerprint density at radius 2 is 1.51 bits per heavy atom. The van der Waals surface area contributed by atoms with Gasteiger partial charge in [0.05, 0.1) is 21.7 Å². The molecule has 4 aromatic carbocycles. The van der Waals surface area contributed by atoms with Gasteiger partial charge in [-0.15, -0.1) is 4.40 Å². The molecule has 1 aliphatic rings. The van der Waals surface area contributed by atoms with Crippen LogP contribution >= 0.6 is 0 Å². The first-order valence-electron chi connectivity index (χ1n) is 13.3. The molecule has 0 saturated carbocycles. The molecule has 4 aromatic rings. The van der Waals surface area contributed by atoms with E-state index in [-0.39, 0.29) is 18.0 Å². The van der Waals surface area contributed by atoms with E-state index in [4.69, 9.17) is 5.73 Å². The average Bonchev–Trinajstić information content (AvgIpc) is 3.01. The van der Waals surface area contributed by atoms with E-state index in [1.165, 1.54) is 24.3 Å². The van der Waals surface area contributed by atoms with Gasteiger partial charge in [0.2, 0.25) is 0 Å². The third-order valence-electron chi connectivity index (χ3n) is 6.87. The summed E-state index contributed by atoms with van der Waals surface area (Å²) in [4.78, 5) is 3.46. The lowest BCUT2D eigenvalue weighted by molar-refractivity contribution is -0.137. The van der Waals surface area contributed by atoms with Crippen LogP contribution in [0.2, 0.25) is 0 Å². The minimum absolute atomic E-state index is 0.0221. The van der Waals surface area contributed by atoms with E-state index in [0.29, 0.717) is 35.9 Å². The first-order valence-corrected chi connectivity index (χ1v) is 14.7. The predicted octanol–water partition coefficient (Wildman–Crippen LogP) is 6.47. The highest BCUT2D eigenvalue weighted by Crippen LogP contribution is 2.32. The summed E-state index contributed by atoms with van der Waals surface area (Å²) in [5.74, 6) is -4.00. The summed E-state index contributed by atoms with van der Waals surface area (Å²) in [5, 5.41) is 5.72. The van der Waals surface area contributed by atoms with Gasteiger partial charge in [-0.3, -0.25) is 0 Å². The molecule has 1 heterocycles. The number of alkyl halides is 3. The van der Waals surface area contributed by atoms with Crippen molar-refractivity contribution in [3.05, 3.63) is 137 Å². The third kappa shape index (κ3) is 7.23. The lowest BCUT2D eigenvalue weighted by Crippen LogP contribution is -2.36. The Labute approximate surface area is 254 Å². The molecule has 1 unspecified atom stereocenters. The Kier molecular flexibility index (Phi) is 8.77. The standard InChI is InChI=1S/C31H23F6N5O2S/c32-22-10-6-20(7-11-22)28-25(19-4-2-1-3-5-19)16-17-42(40-28)30(39-29(38)26-15-12-23(33)18-27(26)34)41-45(43,44)24-13-8-21(9-14-24)31(35,36)37/h1-15,18,25H,16-17H2,(H2,38,39,41). The van der Waals surface area contributed by atoms with Gasteiger partial charge in [-0.2, -0.15) is 31.7 Å². The fourth-order valence-electron chi connectivity index (χ4n) is 4.64. The number of hydrogen-bond donors (Lipinski definition) is 1. The topological polar surface area (TPSA) is 100 Å². The van der Waals surface area contributed by atoms with Crippen LogP contribution < -0.4 is 5.73 Å². The van der Waals surface area contributed by atoms with E-state index in [1.807, 2.05) is 30.3 Å². The van der Waals surface area contributed by atoms with Crippen molar-refractivity contribution in [1.82, 2.24) is 5.01 Å². The van der Waals surface area contributed by atoms with Crippen LogP contribution in [0.5, 0.6) is 0 Å². The molecule has 45 heavy (non-hydrogen) atoms. The van der Waals surface area contributed by atoms with Crippen LogP contribution in [0.1, 0.15) is 34.6 Å². The zero-order valence-corrected chi connectivity index (χ0v) is 23.9. The number of sulfonamides is 1. The van der Waals surface area contributed by atoms with E-state index in [9.17, 15) is 34.8 Å². The van der Waals surface area contributed by atoms with Crippen LogP contribution in [0.3, 0.4) is 0 Å². The van der Waals surface area contributed by atoms with Crippen molar-refractivity contribution in [2.45, 2.75) is 23.4 Å². The van der Waals surface area contributed by atoms with Gasteiger partial charge in [-0.25, -0.2) is 18.2 Å². The minimum atomic E-state index is -4.73. The molecule has 232 valence electrons. The molecule has 2 N–H and O–H groups in total. The molecule has 0 bridgehead atoms. The highest BCUT2D eigenvalue weighted by atomic mass is 32.2. The fraction of sp³-hybridized carbons (Fsp3) is 0.129. The van der Waals surface area contributed by atoms with Crippen molar-refractivity contribution in [2.75, 3.05) is 6.54 Å². The highest BCUT2D eigenvalue weighted by molar-refractivity contribution is 7.90. The quantitative estimate of drug-likeness (QED) is 0.153. The summed E-state index contributed by atoms with van der Waals surface area (Å²) >= 11 is 0. The lowest BCUT2D eigenvalue weighted by Gasteiger charge is -2.30. The van der Waals surface area contributed by atoms with Crippen molar-refractivity contribution >= 4 is 27.5 Å². The van der Waals surface area contributed by atoms with Crippen molar-refractivity contribution in [3.63, 3.8) is 0 Å². The van der Waals surface area contributed by atoms with Crippen molar-refractivity contribution in [1.29, 1.82) is 0 Å². The lowest BCUT2D eigenvalue weighted by atomic mass is 9.86. The molecule has 14 heteroatoms. The fourth-order valence-corrected chi connectivity index (χ4v) is 5.57. The van der Waals surface area contributed by atoms with Crippen LogP contribution in [-0.2, 0) is 16.2 Å². The molecular weight excluding hydrogens is 620 g/mol. The Balaban J connectivity index is 1.65. The molecule has 0 amide bonds. The molecule has 0 radical (unpaired) electrons. The number of rotatable bonds is 5. The van der Waals surface area contributed by atoms with E-state index >= 15 is 0 Å². The molecule has 1 atom stereocenters. The number of amidine groups is 1.